The van der Waals surface area contributed by atoms with E-state index >= 15 is 0 Å². The van der Waals surface area contributed by atoms with E-state index in [1.807, 2.05) is 24.4 Å². The van der Waals surface area contributed by atoms with E-state index in [0.29, 0.717) is 17.6 Å². The maximum absolute atomic E-state index is 10.6. The number of nitrogens with zero attached hydrogens (tertiary/aromatic N) is 3. The fraction of sp³-hybridized carbons (Fsp3) is 0.265. The molecule has 1 atom stereocenters. The molecule has 4 aromatic rings. The highest BCUT2D eigenvalue weighted by atomic mass is 79.9. The number of aromatic nitrogens is 2. The monoisotopic (exact) mass is 592 g/mol. The van der Waals surface area contributed by atoms with Gasteiger partial charge in [-0.3, -0.25) is 4.90 Å². The maximum Gasteiger partial charge on any atom is 0.128 e. The first kappa shape index (κ1) is 25.4. The van der Waals surface area contributed by atoms with Crippen molar-refractivity contribution in [1.82, 2.24) is 20.0 Å². The number of hydrogen-bond acceptors (Lipinski definition) is 4. The van der Waals surface area contributed by atoms with Crippen LogP contribution in [-0.4, -0.2) is 39.4 Å². The summed E-state index contributed by atoms with van der Waals surface area (Å²) in [6, 6.07) is 27.3. The first-order chi connectivity index (χ1) is 19.6. The van der Waals surface area contributed by atoms with Crippen LogP contribution in [0.1, 0.15) is 42.0 Å². The lowest BCUT2D eigenvalue weighted by atomic mass is 9.96. The second-order valence-electron chi connectivity index (χ2n) is 11.2. The van der Waals surface area contributed by atoms with Crippen molar-refractivity contribution in [3.8, 4) is 16.9 Å². The van der Waals surface area contributed by atoms with Crippen molar-refractivity contribution in [2.24, 2.45) is 5.92 Å². The molecule has 2 aliphatic heterocycles. The van der Waals surface area contributed by atoms with Crippen LogP contribution in [0.3, 0.4) is 0 Å². The molecule has 1 saturated heterocycles. The molecule has 0 spiro atoms. The molecule has 2 fully saturated rings. The number of allylic oxidation sites excluding steroid dienone is 3. The fourth-order valence-electron chi connectivity index (χ4n) is 6.22. The Labute approximate surface area is 244 Å². The van der Waals surface area contributed by atoms with Crippen molar-refractivity contribution < 1.29 is 5.11 Å². The van der Waals surface area contributed by atoms with Crippen molar-refractivity contribution in [2.75, 3.05) is 19.6 Å². The van der Waals surface area contributed by atoms with Crippen LogP contribution >= 0.6 is 15.9 Å². The van der Waals surface area contributed by atoms with Gasteiger partial charge in [-0.15, -0.1) is 0 Å². The number of rotatable bonds is 7. The molecule has 1 unspecified atom stereocenters. The predicted molar refractivity (Wildman–Crippen MR) is 164 cm³/mol. The molecule has 202 valence electrons. The Morgan fingerprint density at radius 3 is 2.40 bits per heavy atom. The fourth-order valence-corrected chi connectivity index (χ4v) is 6.76. The summed E-state index contributed by atoms with van der Waals surface area (Å²) in [7, 11) is 0. The summed E-state index contributed by atoms with van der Waals surface area (Å²) in [5.74, 6) is 2.26. The molecule has 0 amide bonds. The summed E-state index contributed by atoms with van der Waals surface area (Å²) in [4.78, 5) is 2.58. The van der Waals surface area contributed by atoms with Crippen molar-refractivity contribution in [1.29, 1.82) is 0 Å². The molecule has 3 heterocycles. The van der Waals surface area contributed by atoms with Crippen LogP contribution in [0.15, 0.2) is 101 Å². The molecule has 40 heavy (non-hydrogen) atoms. The van der Waals surface area contributed by atoms with Crippen LogP contribution in [0, 0.1) is 5.92 Å². The van der Waals surface area contributed by atoms with E-state index in [1.165, 1.54) is 40.8 Å². The second kappa shape index (κ2) is 10.8. The molecule has 5 nitrogen and oxygen atoms in total. The summed E-state index contributed by atoms with van der Waals surface area (Å²) in [5, 5.41) is 19.1. The number of likely N-dealkylation sites (tertiary alicyclic amines) is 1. The van der Waals surface area contributed by atoms with Crippen LogP contribution in [-0.2, 0) is 6.54 Å². The highest BCUT2D eigenvalue weighted by Crippen LogP contribution is 2.55. The highest BCUT2D eigenvalue weighted by Gasteiger charge is 2.41. The number of para-hydroxylation sites is 1. The molecular weight excluding hydrogens is 560 g/mol. The first-order valence-corrected chi connectivity index (χ1v) is 15.0. The molecule has 1 saturated carbocycles. The summed E-state index contributed by atoms with van der Waals surface area (Å²) in [6.07, 6.45) is 7.44. The summed E-state index contributed by atoms with van der Waals surface area (Å²) >= 11 is 3.73. The minimum atomic E-state index is 0.326. The molecule has 6 heteroatoms. The Hall–Kier alpha value is -3.61. The number of fused-ring (bicyclic) bond motifs is 3. The number of phenolic OH excluding ortho intramolecular Hbond substituents is 1. The van der Waals surface area contributed by atoms with Gasteiger partial charge in [-0.2, -0.15) is 5.10 Å². The number of nitrogens with one attached hydrogen (secondary N) is 1. The third-order valence-corrected chi connectivity index (χ3v) is 9.18. The highest BCUT2D eigenvalue weighted by molar-refractivity contribution is 9.10. The topological polar surface area (TPSA) is 53.3 Å². The average molecular weight is 594 g/mol. The number of aromatic hydroxyl groups is 1. The molecular formula is C34H33BrN4O. The maximum atomic E-state index is 10.6. The number of hydrogen-bond donors (Lipinski definition) is 2. The van der Waals surface area contributed by atoms with Gasteiger partial charge in [0.1, 0.15) is 11.6 Å². The molecule has 2 N–H and O–H groups in total. The van der Waals surface area contributed by atoms with Crippen molar-refractivity contribution in [2.45, 2.75) is 31.7 Å². The van der Waals surface area contributed by atoms with E-state index in [-0.39, 0.29) is 0 Å². The number of piperidine rings is 1. The Kier molecular flexibility index (Phi) is 6.82. The van der Waals surface area contributed by atoms with E-state index in [2.05, 4.69) is 91.5 Å². The zero-order chi connectivity index (χ0) is 27.1. The quantitative estimate of drug-likeness (QED) is 0.237. The van der Waals surface area contributed by atoms with Gasteiger partial charge in [0.25, 0.3) is 0 Å². The van der Waals surface area contributed by atoms with Crippen molar-refractivity contribution in [3.63, 3.8) is 0 Å². The minimum absolute atomic E-state index is 0.326. The molecule has 7 rings (SSSR count). The zero-order valence-corrected chi connectivity index (χ0v) is 24.0. The number of benzene rings is 3. The van der Waals surface area contributed by atoms with Crippen molar-refractivity contribution >= 4 is 27.3 Å². The molecule has 1 aliphatic carbocycles. The van der Waals surface area contributed by atoms with Gasteiger partial charge in [0.15, 0.2) is 0 Å². The molecule has 0 bridgehead atoms. The Bertz CT molecular complexity index is 1580. The summed E-state index contributed by atoms with van der Waals surface area (Å²) in [6.45, 7) is 4.14. The lowest BCUT2D eigenvalue weighted by Gasteiger charge is -2.32. The van der Waals surface area contributed by atoms with Gasteiger partial charge in [-0.25, -0.2) is 4.68 Å². The van der Waals surface area contributed by atoms with Crippen LogP contribution < -0.4 is 5.32 Å². The van der Waals surface area contributed by atoms with Gasteiger partial charge in [0, 0.05) is 24.6 Å². The van der Waals surface area contributed by atoms with E-state index in [0.717, 1.165) is 54.0 Å². The van der Waals surface area contributed by atoms with Gasteiger partial charge >= 0.3 is 0 Å². The smallest absolute Gasteiger partial charge is 0.128 e. The Balaban J connectivity index is 0.999. The van der Waals surface area contributed by atoms with Crippen molar-refractivity contribution in [3.05, 3.63) is 118 Å². The van der Waals surface area contributed by atoms with Gasteiger partial charge in [0.05, 0.1) is 16.4 Å². The second-order valence-corrected chi connectivity index (χ2v) is 12.0. The molecule has 1 aromatic heterocycles. The zero-order valence-electron chi connectivity index (χ0n) is 22.4. The molecule has 3 aromatic carbocycles. The van der Waals surface area contributed by atoms with Crippen LogP contribution in [0.5, 0.6) is 5.75 Å². The predicted octanol–water partition coefficient (Wildman–Crippen LogP) is 7.27. The van der Waals surface area contributed by atoms with E-state index < -0.39 is 0 Å². The van der Waals surface area contributed by atoms with E-state index in [1.54, 1.807) is 6.07 Å². The van der Waals surface area contributed by atoms with Crippen LogP contribution in [0.25, 0.3) is 22.5 Å². The third-order valence-electron chi connectivity index (χ3n) is 8.57. The lowest BCUT2D eigenvalue weighted by molar-refractivity contribution is 0.177. The largest absolute Gasteiger partial charge is 0.507 e. The first-order valence-electron chi connectivity index (χ1n) is 14.2. The van der Waals surface area contributed by atoms with Crippen LogP contribution in [0.4, 0.5) is 0 Å². The number of phenols is 1. The lowest BCUT2D eigenvalue weighted by Crippen LogP contribution is -2.37. The van der Waals surface area contributed by atoms with Gasteiger partial charge in [0.2, 0.25) is 0 Å². The van der Waals surface area contributed by atoms with Gasteiger partial charge in [-0.05, 0) is 88.6 Å². The Morgan fingerprint density at radius 2 is 1.62 bits per heavy atom. The number of halogens is 1. The molecule has 3 aliphatic rings. The van der Waals surface area contributed by atoms with Gasteiger partial charge < -0.3 is 10.4 Å². The van der Waals surface area contributed by atoms with Gasteiger partial charge in [-0.1, -0.05) is 78.4 Å². The Morgan fingerprint density at radius 1 is 0.900 bits per heavy atom. The minimum Gasteiger partial charge on any atom is -0.507 e. The normalized spacial score (nSPS) is 19.0. The third kappa shape index (κ3) is 5.02. The standard InChI is InChI=1S/C34H33BrN4O/c35-31-21-37-39-33(19-29(28-18-30(28)34(31)39)27-8-4-5-9-32(27)40)36-20-23-14-16-38(17-15-23)22-24-10-12-26(13-11-24)25-6-2-1-3-7-25/h1-13,19,21,23,30,36,40H,14-18,20,22H2. The van der Waals surface area contributed by atoms with E-state index in [4.69, 9.17) is 5.10 Å². The van der Waals surface area contributed by atoms with E-state index in [9.17, 15) is 5.11 Å². The molecule has 0 radical (unpaired) electrons. The van der Waals surface area contributed by atoms with Crippen LogP contribution in [0.2, 0.25) is 0 Å². The summed E-state index contributed by atoms with van der Waals surface area (Å²) in [5.41, 5.74) is 8.50. The summed E-state index contributed by atoms with van der Waals surface area (Å²) < 4.78 is 3.10. The average Bonchev–Trinajstić information content (AvgIpc) is 3.70. The SMILES string of the molecule is Oc1ccccc1C1=C2CC2c2c(Br)cnn2C(NCC2CCN(Cc3ccc(-c4ccccc4)cc3)CC2)=C1.